The van der Waals surface area contributed by atoms with Crippen molar-refractivity contribution in [2.45, 2.75) is 113 Å². The molecule has 47 heavy (non-hydrogen) atoms. The Labute approximate surface area is 272 Å². The highest BCUT2D eigenvalue weighted by Gasteiger charge is 2.50. The van der Waals surface area contributed by atoms with Crippen molar-refractivity contribution in [2.75, 3.05) is 14.1 Å². The van der Waals surface area contributed by atoms with Crippen molar-refractivity contribution in [1.29, 1.82) is 0 Å². The molecule has 4 aliphatic rings. The maximum Gasteiger partial charge on any atom is 0.198 e. The first kappa shape index (κ1) is 33.9. The van der Waals surface area contributed by atoms with Crippen LogP contribution in [0.2, 0.25) is 0 Å². The standard InChI is InChI=1S/C34H43NO12/c1-6-34(43)13-22(46-23-11-19(35(4)5)32(15(3)45-23)47-24-12-21(37)28(38)14(2)44-24)17-10-18-26(31(41)27(17)33(34)42)29(39)16-8-7-9-20(36)25(16)30(18)40/h7-10,14-15,19,21-24,28,32-33,36-38,41-43H,6,11-13H2,1-5H3/t14-,15-,19-,21-,22-,23-,24-,28+,32+,33+,34+/m0/s1. The molecule has 2 heterocycles. The molecule has 13 nitrogen and oxygen atoms in total. The molecule has 13 heteroatoms. The topological polar surface area (TPSA) is 196 Å². The van der Waals surface area contributed by atoms with Crippen molar-refractivity contribution in [3.63, 3.8) is 0 Å². The number of aliphatic hydroxyl groups excluding tert-OH is 3. The fourth-order valence-corrected chi connectivity index (χ4v) is 7.46. The highest BCUT2D eigenvalue weighted by atomic mass is 16.7. The van der Waals surface area contributed by atoms with E-state index in [9.17, 15) is 40.2 Å². The van der Waals surface area contributed by atoms with Gasteiger partial charge in [-0.1, -0.05) is 19.1 Å². The molecule has 0 saturated carbocycles. The SMILES string of the molecule is CC[C@@]1(O)C[C@H](O[C@H]2C[C@H](N(C)C)[C@H](O[C@H]3C[C@H](O)[C@H](O)[C@H](C)O3)[C@H](C)O2)c2cc3c(c(O)c2[C@H]1O)C(=O)c1cccc(O)c1C3=O. The largest absolute Gasteiger partial charge is 0.507 e. The van der Waals surface area contributed by atoms with Gasteiger partial charge in [0.15, 0.2) is 24.1 Å². The van der Waals surface area contributed by atoms with Gasteiger partial charge in [0.05, 0.1) is 41.1 Å². The lowest BCUT2D eigenvalue weighted by atomic mass is 9.71. The summed E-state index contributed by atoms with van der Waals surface area (Å²) >= 11 is 0. The molecule has 0 spiro atoms. The number of aliphatic hydroxyl groups is 4. The van der Waals surface area contributed by atoms with Gasteiger partial charge in [0.25, 0.3) is 0 Å². The molecule has 6 N–H and O–H groups in total. The first-order valence-corrected chi connectivity index (χ1v) is 16.0. The Morgan fingerprint density at radius 1 is 0.936 bits per heavy atom. The Morgan fingerprint density at radius 3 is 2.26 bits per heavy atom. The van der Waals surface area contributed by atoms with Crippen LogP contribution in [0.1, 0.15) is 102 Å². The van der Waals surface area contributed by atoms with Crippen molar-refractivity contribution in [1.82, 2.24) is 4.90 Å². The van der Waals surface area contributed by atoms with Crippen LogP contribution in [0.3, 0.4) is 0 Å². The number of hydrogen-bond donors (Lipinski definition) is 6. The molecule has 2 aliphatic heterocycles. The second-order valence-electron chi connectivity index (χ2n) is 13.4. The third-order valence-corrected chi connectivity index (χ3v) is 10.2. The van der Waals surface area contributed by atoms with E-state index in [0.717, 1.165) is 0 Å². The van der Waals surface area contributed by atoms with E-state index in [4.69, 9.17) is 18.9 Å². The van der Waals surface area contributed by atoms with E-state index in [2.05, 4.69) is 0 Å². The van der Waals surface area contributed by atoms with Gasteiger partial charge in [0.2, 0.25) is 0 Å². The van der Waals surface area contributed by atoms with E-state index in [1.807, 2.05) is 25.9 Å². The third kappa shape index (κ3) is 5.67. The molecular formula is C34H43NO12. The molecule has 2 aromatic carbocycles. The number of benzene rings is 2. The van der Waals surface area contributed by atoms with Crippen LogP contribution in [0.5, 0.6) is 11.5 Å². The zero-order valence-corrected chi connectivity index (χ0v) is 27.0. The number of phenolic OH excluding ortho intramolecular Hbond substituents is 2. The lowest BCUT2D eigenvalue weighted by Gasteiger charge is -2.47. The number of aromatic hydroxyl groups is 2. The molecule has 0 amide bonds. The summed E-state index contributed by atoms with van der Waals surface area (Å²) in [6, 6.07) is 5.24. The van der Waals surface area contributed by atoms with Gasteiger partial charge in [-0.05, 0) is 52.1 Å². The summed E-state index contributed by atoms with van der Waals surface area (Å²) in [4.78, 5) is 29.1. The minimum Gasteiger partial charge on any atom is -0.507 e. The van der Waals surface area contributed by atoms with Crippen LogP contribution in [0.4, 0.5) is 0 Å². The van der Waals surface area contributed by atoms with Crippen molar-refractivity contribution < 1.29 is 59.2 Å². The smallest absolute Gasteiger partial charge is 0.198 e. The number of nitrogens with zero attached hydrogens (tertiary/aromatic N) is 1. The Bertz CT molecular complexity index is 1550. The molecule has 0 radical (unpaired) electrons. The summed E-state index contributed by atoms with van der Waals surface area (Å²) < 4.78 is 24.9. The molecule has 0 bridgehead atoms. The fourth-order valence-electron chi connectivity index (χ4n) is 7.46. The van der Waals surface area contributed by atoms with Gasteiger partial charge >= 0.3 is 0 Å². The monoisotopic (exact) mass is 657 g/mol. The fraction of sp³-hybridized carbons (Fsp3) is 0.588. The maximum absolute atomic E-state index is 13.6. The van der Waals surface area contributed by atoms with Gasteiger partial charge in [0.1, 0.15) is 29.8 Å². The van der Waals surface area contributed by atoms with Crippen molar-refractivity contribution in [3.05, 3.63) is 57.6 Å². The molecule has 6 rings (SSSR count). The minimum atomic E-state index is -1.74. The summed E-state index contributed by atoms with van der Waals surface area (Å²) in [6.45, 7) is 5.15. The van der Waals surface area contributed by atoms with E-state index in [0.29, 0.717) is 6.42 Å². The predicted octanol–water partition coefficient (Wildman–Crippen LogP) is 1.82. The highest BCUT2D eigenvalue weighted by molar-refractivity contribution is 6.30. The van der Waals surface area contributed by atoms with E-state index in [1.54, 1.807) is 13.8 Å². The zero-order chi connectivity index (χ0) is 34.1. The van der Waals surface area contributed by atoms with Crippen LogP contribution < -0.4 is 0 Å². The average Bonchev–Trinajstić information content (AvgIpc) is 3.01. The summed E-state index contributed by atoms with van der Waals surface area (Å²) in [7, 11) is 3.75. The summed E-state index contributed by atoms with van der Waals surface area (Å²) in [5.74, 6) is -2.35. The minimum absolute atomic E-state index is 0.0727. The number of carbonyl (C=O) groups is 2. The van der Waals surface area contributed by atoms with Crippen molar-refractivity contribution in [3.8, 4) is 11.5 Å². The molecule has 256 valence electrons. The van der Waals surface area contributed by atoms with Crippen LogP contribution in [0, 0.1) is 0 Å². The van der Waals surface area contributed by atoms with Gasteiger partial charge in [-0.2, -0.15) is 0 Å². The number of carbonyl (C=O) groups excluding carboxylic acids is 2. The predicted molar refractivity (Wildman–Crippen MR) is 164 cm³/mol. The molecular weight excluding hydrogens is 614 g/mol. The first-order chi connectivity index (χ1) is 22.2. The lowest BCUT2D eigenvalue weighted by Crippen LogP contribution is -2.57. The molecule has 2 aromatic rings. The molecule has 2 aliphatic carbocycles. The number of hydrogen-bond acceptors (Lipinski definition) is 13. The molecule has 0 aromatic heterocycles. The summed E-state index contributed by atoms with van der Waals surface area (Å²) in [5.41, 5.74) is -2.32. The molecule has 2 fully saturated rings. The summed E-state index contributed by atoms with van der Waals surface area (Å²) in [5, 5.41) is 65.3. The van der Waals surface area contributed by atoms with E-state index in [1.165, 1.54) is 24.3 Å². The number of fused-ring (bicyclic) bond motifs is 3. The van der Waals surface area contributed by atoms with Gasteiger partial charge in [0, 0.05) is 42.0 Å². The number of phenols is 2. The second kappa shape index (κ2) is 12.5. The summed E-state index contributed by atoms with van der Waals surface area (Å²) in [6.07, 6.45) is -7.52. The van der Waals surface area contributed by atoms with Gasteiger partial charge < -0.3 is 54.5 Å². The third-order valence-electron chi connectivity index (χ3n) is 10.2. The number of ether oxygens (including phenoxy) is 4. The van der Waals surface area contributed by atoms with Gasteiger partial charge in [-0.25, -0.2) is 0 Å². The second-order valence-corrected chi connectivity index (χ2v) is 13.4. The maximum atomic E-state index is 13.6. The Kier molecular flexibility index (Phi) is 9.00. The number of rotatable bonds is 6. The Balaban J connectivity index is 1.32. The van der Waals surface area contributed by atoms with E-state index >= 15 is 0 Å². The first-order valence-electron chi connectivity index (χ1n) is 16.0. The molecule has 11 atom stereocenters. The van der Waals surface area contributed by atoms with Crippen molar-refractivity contribution in [2.24, 2.45) is 0 Å². The lowest BCUT2D eigenvalue weighted by molar-refractivity contribution is -0.311. The number of likely N-dealkylation sites (N-methyl/N-ethyl adjacent to an activating group) is 1. The van der Waals surface area contributed by atoms with Gasteiger partial charge in [-0.15, -0.1) is 0 Å². The average molecular weight is 658 g/mol. The van der Waals surface area contributed by atoms with Crippen LogP contribution >= 0.6 is 0 Å². The Morgan fingerprint density at radius 2 is 1.60 bits per heavy atom. The van der Waals surface area contributed by atoms with E-state index < -0.39 is 78.2 Å². The Hall–Kier alpha value is -2.98. The van der Waals surface area contributed by atoms with Crippen LogP contribution in [-0.4, -0.2) is 116 Å². The number of ketones is 2. The molecule has 2 saturated heterocycles. The highest BCUT2D eigenvalue weighted by Crippen LogP contribution is 2.52. The zero-order valence-electron chi connectivity index (χ0n) is 27.0. The van der Waals surface area contributed by atoms with Crippen LogP contribution in [-0.2, 0) is 18.9 Å². The van der Waals surface area contributed by atoms with Crippen LogP contribution in [0.15, 0.2) is 24.3 Å². The van der Waals surface area contributed by atoms with Crippen molar-refractivity contribution >= 4 is 11.6 Å². The normalized spacial score (nSPS) is 37.0. The quantitative estimate of drug-likeness (QED) is 0.225. The van der Waals surface area contributed by atoms with Crippen LogP contribution in [0.25, 0.3) is 0 Å². The van der Waals surface area contributed by atoms with E-state index in [-0.39, 0.29) is 64.4 Å². The van der Waals surface area contributed by atoms with Gasteiger partial charge in [-0.3, -0.25) is 9.59 Å². The molecule has 0 unspecified atom stereocenters.